The van der Waals surface area contributed by atoms with Crippen molar-refractivity contribution in [2.24, 2.45) is 5.41 Å². The molecule has 0 aliphatic heterocycles. The molecule has 0 spiro atoms. The van der Waals surface area contributed by atoms with E-state index in [9.17, 15) is 26.3 Å². The van der Waals surface area contributed by atoms with Crippen LogP contribution in [0.4, 0.5) is 26.3 Å². The highest BCUT2D eigenvalue weighted by Gasteiger charge is 2.67. The Bertz CT molecular complexity index is 282. The summed E-state index contributed by atoms with van der Waals surface area (Å²) < 4.78 is 74.5. The lowest BCUT2D eigenvalue weighted by Gasteiger charge is -2.31. The zero-order valence-corrected chi connectivity index (χ0v) is 7.23. The lowest BCUT2D eigenvalue weighted by Crippen LogP contribution is -2.47. The van der Waals surface area contributed by atoms with E-state index in [4.69, 9.17) is 0 Å². The summed E-state index contributed by atoms with van der Waals surface area (Å²) in [5, 5.41) is 0. The molecule has 6 heteroatoms. The monoisotopic (exact) mass is 228 g/mol. The van der Waals surface area contributed by atoms with Gasteiger partial charge in [-0.15, -0.1) is 0 Å². The first-order valence-electron chi connectivity index (χ1n) is 3.88. The van der Waals surface area contributed by atoms with Crippen LogP contribution in [0.25, 0.3) is 0 Å². The van der Waals surface area contributed by atoms with Gasteiger partial charge in [0.1, 0.15) is 0 Å². The van der Waals surface area contributed by atoms with Crippen molar-refractivity contribution in [2.75, 3.05) is 0 Å². The molecule has 0 atom stereocenters. The van der Waals surface area contributed by atoms with E-state index < -0.39 is 17.8 Å². The van der Waals surface area contributed by atoms with Crippen molar-refractivity contribution in [1.82, 2.24) is 0 Å². The Morgan fingerprint density at radius 3 is 1.20 bits per heavy atom. The Hall–Kier alpha value is -1.20. The fourth-order valence-electron chi connectivity index (χ4n) is 1.14. The Morgan fingerprint density at radius 1 is 0.600 bits per heavy atom. The van der Waals surface area contributed by atoms with Crippen LogP contribution in [0, 0.1) is 5.41 Å². The zero-order chi connectivity index (χ0) is 11.7. The van der Waals surface area contributed by atoms with E-state index in [2.05, 4.69) is 0 Å². The fourth-order valence-corrected chi connectivity index (χ4v) is 1.14. The predicted molar refractivity (Wildman–Crippen MR) is 42.0 cm³/mol. The molecule has 0 bridgehead atoms. The average molecular weight is 228 g/mol. The standard InChI is InChI=1S/C9H6F6/c10-8(11,12)7(9(13,14)15)5-3-1-2-4-6-7/h1-6H. The van der Waals surface area contributed by atoms with Gasteiger partial charge in [0.15, 0.2) is 5.41 Å². The minimum atomic E-state index is -5.40. The second-order valence-electron chi connectivity index (χ2n) is 2.97. The van der Waals surface area contributed by atoms with Gasteiger partial charge in [0.25, 0.3) is 0 Å². The zero-order valence-electron chi connectivity index (χ0n) is 7.23. The van der Waals surface area contributed by atoms with Crippen molar-refractivity contribution < 1.29 is 26.3 Å². The Kier molecular flexibility index (Phi) is 2.71. The molecule has 0 saturated carbocycles. The van der Waals surface area contributed by atoms with Gasteiger partial charge in [-0.25, -0.2) is 0 Å². The summed E-state index contributed by atoms with van der Waals surface area (Å²) in [4.78, 5) is 0. The van der Waals surface area contributed by atoms with E-state index in [0.717, 1.165) is 24.3 Å². The molecule has 0 amide bonds. The van der Waals surface area contributed by atoms with Gasteiger partial charge in [-0.05, 0) is 0 Å². The third kappa shape index (κ3) is 1.93. The van der Waals surface area contributed by atoms with E-state index in [0.29, 0.717) is 0 Å². The van der Waals surface area contributed by atoms with Crippen molar-refractivity contribution in [2.45, 2.75) is 12.4 Å². The maximum Gasteiger partial charge on any atom is 0.410 e. The summed E-state index contributed by atoms with van der Waals surface area (Å²) in [7, 11) is 0. The van der Waals surface area contributed by atoms with Gasteiger partial charge >= 0.3 is 12.4 Å². The van der Waals surface area contributed by atoms with E-state index in [1.807, 2.05) is 0 Å². The van der Waals surface area contributed by atoms with Gasteiger partial charge in [-0.1, -0.05) is 36.5 Å². The van der Waals surface area contributed by atoms with Crippen molar-refractivity contribution >= 4 is 0 Å². The summed E-state index contributed by atoms with van der Waals surface area (Å²) in [6, 6.07) is 0. The normalized spacial score (nSPS) is 20.4. The number of hydrogen-bond acceptors (Lipinski definition) is 0. The Labute approximate surface area is 81.6 Å². The highest BCUT2D eigenvalue weighted by Crippen LogP contribution is 2.52. The lowest BCUT2D eigenvalue weighted by atomic mass is 9.86. The average Bonchev–Trinajstić information content (AvgIpc) is 2.25. The predicted octanol–water partition coefficient (Wildman–Crippen LogP) is 3.78. The van der Waals surface area contributed by atoms with Crippen LogP contribution >= 0.6 is 0 Å². The molecule has 0 N–H and O–H groups in total. The second-order valence-corrected chi connectivity index (χ2v) is 2.97. The van der Waals surface area contributed by atoms with Crippen LogP contribution in [0.1, 0.15) is 0 Å². The number of allylic oxidation sites excluding steroid dienone is 6. The molecule has 0 saturated heterocycles. The SMILES string of the molecule is FC(F)(F)C1(C(F)(F)F)C=CC=CC=C1. The minimum absolute atomic E-state index is 0.104. The summed E-state index contributed by atoms with van der Waals surface area (Å²) >= 11 is 0. The first-order chi connectivity index (χ1) is 6.71. The molecule has 15 heavy (non-hydrogen) atoms. The third-order valence-electron chi connectivity index (χ3n) is 1.99. The van der Waals surface area contributed by atoms with Crippen molar-refractivity contribution in [3.8, 4) is 0 Å². The Balaban J connectivity index is 3.32. The summed E-state index contributed by atoms with van der Waals surface area (Å²) in [6.07, 6.45) is -6.90. The van der Waals surface area contributed by atoms with Gasteiger partial charge in [-0.2, -0.15) is 26.3 Å². The first-order valence-corrected chi connectivity index (χ1v) is 3.88. The molecule has 0 aromatic carbocycles. The number of alkyl halides is 6. The lowest BCUT2D eigenvalue weighted by molar-refractivity contribution is -0.302. The maximum atomic E-state index is 12.4. The van der Waals surface area contributed by atoms with Crippen molar-refractivity contribution in [3.63, 3.8) is 0 Å². The summed E-state index contributed by atoms with van der Waals surface area (Å²) in [5.74, 6) is 0. The van der Waals surface area contributed by atoms with E-state index in [1.165, 1.54) is 0 Å². The van der Waals surface area contributed by atoms with E-state index in [-0.39, 0.29) is 12.2 Å². The van der Waals surface area contributed by atoms with Crippen molar-refractivity contribution in [3.05, 3.63) is 36.5 Å². The second kappa shape index (κ2) is 3.43. The highest BCUT2D eigenvalue weighted by molar-refractivity contribution is 5.28. The molecular formula is C9H6F6. The van der Waals surface area contributed by atoms with Crippen LogP contribution in [-0.4, -0.2) is 12.4 Å². The number of rotatable bonds is 0. The molecule has 84 valence electrons. The molecular weight excluding hydrogens is 222 g/mol. The van der Waals surface area contributed by atoms with Gasteiger partial charge in [0.05, 0.1) is 0 Å². The van der Waals surface area contributed by atoms with Crippen LogP contribution in [0.5, 0.6) is 0 Å². The smallest absolute Gasteiger partial charge is 0.169 e. The third-order valence-corrected chi connectivity index (χ3v) is 1.99. The summed E-state index contributed by atoms with van der Waals surface area (Å²) in [6.45, 7) is 0. The number of halogens is 6. The number of hydrogen-bond donors (Lipinski definition) is 0. The van der Waals surface area contributed by atoms with Crippen LogP contribution in [0.15, 0.2) is 36.5 Å². The largest absolute Gasteiger partial charge is 0.410 e. The first kappa shape index (κ1) is 11.9. The molecule has 0 nitrogen and oxygen atoms in total. The van der Waals surface area contributed by atoms with Crippen LogP contribution < -0.4 is 0 Å². The van der Waals surface area contributed by atoms with Crippen molar-refractivity contribution in [1.29, 1.82) is 0 Å². The summed E-state index contributed by atoms with van der Waals surface area (Å²) in [5.41, 5.74) is -3.89. The van der Waals surface area contributed by atoms with Crippen LogP contribution in [-0.2, 0) is 0 Å². The van der Waals surface area contributed by atoms with Crippen LogP contribution in [0.3, 0.4) is 0 Å². The quantitative estimate of drug-likeness (QED) is 0.553. The molecule has 0 fully saturated rings. The van der Waals surface area contributed by atoms with Gasteiger partial charge < -0.3 is 0 Å². The van der Waals surface area contributed by atoms with Gasteiger partial charge in [-0.3, -0.25) is 0 Å². The molecule has 0 radical (unpaired) electrons. The molecule has 0 heterocycles. The molecule has 1 aliphatic rings. The van der Waals surface area contributed by atoms with Crippen LogP contribution in [0.2, 0.25) is 0 Å². The van der Waals surface area contributed by atoms with Gasteiger partial charge in [0.2, 0.25) is 0 Å². The fraction of sp³-hybridized carbons (Fsp3) is 0.333. The topological polar surface area (TPSA) is 0 Å². The Morgan fingerprint density at radius 2 is 0.933 bits per heavy atom. The van der Waals surface area contributed by atoms with E-state index >= 15 is 0 Å². The molecule has 0 aromatic heterocycles. The molecule has 1 rings (SSSR count). The van der Waals surface area contributed by atoms with E-state index in [1.54, 1.807) is 0 Å². The minimum Gasteiger partial charge on any atom is -0.169 e. The molecule has 0 aromatic rings. The molecule has 1 aliphatic carbocycles. The maximum absolute atomic E-state index is 12.4. The van der Waals surface area contributed by atoms with Gasteiger partial charge in [0, 0.05) is 0 Å². The molecule has 0 unspecified atom stereocenters. The highest BCUT2D eigenvalue weighted by atomic mass is 19.4.